The molecule has 2 aromatic carbocycles. The second kappa shape index (κ2) is 9.09. The molecule has 0 unspecified atom stereocenters. The molecule has 0 radical (unpaired) electrons. The molecule has 1 amide bonds. The van der Waals surface area contributed by atoms with E-state index < -0.39 is 17.7 Å². The molecule has 1 aromatic heterocycles. The first-order valence-electron chi connectivity index (χ1n) is 9.41. The summed E-state index contributed by atoms with van der Waals surface area (Å²) in [6, 6.07) is 15.5. The Labute approximate surface area is 174 Å². The van der Waals surface area contributed by atoms with Gasteiger partial charge in [0.1, 0.15) is 11.4 Å². The summed E-state index contributed by atoms with van der Waals surface area (Å²) in [6.45, 7) is 3.56. The van der Waals surface area contributed by atoms with Crippen molar-refractivity contribution >= 4 is 23.3 Å². The smallest absolute Gasteiger partial charge is 0.340 e. The van der Waals surface area contributed by atoms with Crippen molar-refractivity contribution in [1.82, 2.24) is 4.98 Å². The Kier molecular flexibility index (Phi) is 6.32. The molecule has 0 saturated heterocycles. The van der Waals surface area contributed by atoms with E-state index in [2.05, 4.69) is 10.3 Å². The number of H-pyrrole nitrogens is 1. The van der Waals surface area contributed by atoms with Gasteiger partial charge >= 0.3 is 5.97 Å². The van der Waals surface area contributed by atoms with E-state index >= 15 is 0 Å². The van der Waals surface area contributed by atoms with Gasteiger partial charge < -0.3 is 19.8 Å². The van der Waals surface area contributed by atoms with Gasteiger partial charge in [-0.1, -0.05) is 30.3 Å². The molecule has 0 aliphatic heterocycles. The van der Waals surface area contributed by atoms with E-state index in [1.54, 1.807) is 62.4 Å². The number of aromatic amines is 1. The highest BCUT2D eigenvalue weighted by molar-refractivity contribution is 6.47. The number of aromatic nitrogens is 1. The highest BCUT2D eigenvalue weighted by Crippen LogP contribution is 2.31. The molecular weight excluding hydrogens is 384 g/mol. The number of Topliss-reactive ketones (excluding diaryl/α,β-unsaturated/α-hetero) is 1. The first kappa shape index (κ1) is 20.9. The lowest BCUT2D eigenvalue weighted by atomic mass is 9.98. The fraction of sp³-hybridized carbons (Fsp3) is 0.174. The normalized spacial score (nSPS) is 10.4. The van der Waals surface area contributed by atoms with Crippen LogP contribution in [0.4, 0.5) is 5.69 Å². The van der Waals surface area contributed by atoms with Gasteiger partial charge in [0.2, 0.25) is 0 Å². The summed E-state index contributed by atoms with van der Waals surface area (Å²) >= 11 is 0. The molecule has 30 heavy (non-hydrogen) atoms. The van der Waals surface area contributed by atoms with Crippen LogP contribution in [0.2, 0.25) is 0 Å². The predicted octanol–water partition coefficient (Wildman–Crippen LogP) is 4.00. The van der Waals surface area contributed by atoms with Crippen LogP contribution in [-0.2, 0) is 9.53 Å². The first-order chi connectivity index (χ1) is 14.5. The summed E-state index contributed by atoms with van der Waals surface area (Å²) in [5.41, 5.74) is 2.15. The van der Waals surface area contributed by atoms with E-state index in [-0.39, 0.29) is 17.9 Å². The monoisotopic (exact) mass is 406 g/mol. The Morgan fingerprint density at radius 2 is 1.67 bits per heavy atom. The fourth-order valence-corrected chi connectivity index (χ4v) is 3.12. The van der Waals surface area contributed by atoms with E-state index in [9.17, 15) is 14.4 Å². The number of rotatable bonds is 7. The van der Waals surface area contributed by atoms with Crippen molar-refractivity contribution in [2.75, 3.05) is 19.0 Å². The van der Waals surface area contributed by atoms with E-state index in [0.717, 1.165) is 0 Å². The summed E-state index contributed by atoms with van der Waals surface area (Å²) in [5.74, 6) is -1.54. The van der Waals surface area contributed by atoms with Crippen LogP contribution in [-0.4, -0.2) is 36.4 Å². The van der Waals surface area contributed by atoms with Crippen molar-refractivity contribution in [3.8, 4) is 16.9 Å². The second-order valence-electron chi connectivity index (χ2n) is 6.47. The SMILES string of the molecule is CCOC(=O)c1c(C)[nH]c(C(=O)C(=O)Nc2ccc(OC)cc2)c1-c1ccccc1. The van der Waals surface area contributed by atoms with Gasteiger partial charge in [0.25, 0.3) is 11.7 Å². The van der Waals surface area contributed by atoms with Gasteiger partial charge in [-0.25, -0.2) is 4.79 Å². The van der Waals surface area contributed by atoms with Gasteiger partial charge in [0, 0.05) is 16.9 Å². The van der Waals surface area contributed by atoms with Crippen LogP contribution in [0.1, 0.15) is 33.5 Å². The molecule has 2 N–H and O–H groups in total. The van der Waals surface area contributed by atoms with Gasteiger partial charge in [-0.3, -0.25) is 9.59 Å². The third-order valence-electron chi connectivity index (χ3n) is 4.51. The van der Waals surface area contributed by atoms with E-state index in [4.69, 9.17) is 9.47 Å². The van der Waals surface area contributed by atoms with E-state index in [1.807, 2.05) is 6.07 Å². The van der Waals surface area contributed by atoms with E-state index in [0.29, 0.717) is 28.3 Å². The zero-order chi connectivity index (χ0) is 21.7. The fourth-order valence-electron chi connectivity index (χ4n) is 3.12. The summed E-state index contributed by atoms with van der Waals surface area (Å²) in [5, 5.41) is 2.57. The van der Waals surface area contributed by atoms with Crippen molar-refractivity contribution in [2.45, 2.75) is 13.8 Å². The number of carbonyl (C=O) groups is 3. The van der Waals surface area contributed by atoms with Gasteiger partial charge in [0.05, 0.1) is 19.3 Å². The molecule has 0 atom stereocenters. The highest BCUT2D eigenvalue weighted by atomic mass is 16.5. The number of amides is 1. The van der Waals surface area contributed by atoms with Crippen LogP contribution >= 0.6 is 0 Å². The zero-order valence-corrected chi connectivity index (χ0v) is 16.9. The van der Waals surface area contributed by atoms with Gasteiger partial charge in [-0.15, -0.1) is 0 Å². The van der Waals surface area contributed by atoms with Crippen molar-refractivity contribution in [3.05, 3.63) is 71.5 Å². The van der Waals surface area contributed by atoms with Crippen LogP contribution in [0.3, 0.4) is 0 Å². The molecule has 0 fully saturated rings. The standard InChI is InChI=1S/C23H22N2O5/c1-4-30-23(28)18-14(2)24-20(19(18)15-8-6-5-7-9-15)21(26)22(27)25-16-10-12-17(29-3)13-11-16/h5-13,24H,4H2,1-3H3,(H,25,27). The van der Waals surface area contributed by atoms with Crippen LogP contribution in [0.5, 0.6) is 5.75 Å². The van der Waals surface area contributed by atoms with Crippen LogP contribution in [0.25, 0.3) is 11.1 Å². The Balaban J connectivity index is 1.99. The maximum absolute atomic E-state index is 13.0. The number of hydrogen-bond acceptors (Lipinski definition) is 5. The number of ketones is 1. The Morgan fingerprint density at radius 1 is 1.00 bits per heavy atom. The topological polar surface area (TPSA) is 97.5 Å². The number of carbonyl (C=O) groups excluding carboxylic acids is 3. The minimum Gasteiger partial charge on any atom is -0.497 e. The number of hydrogen-bond donors (Lipinski definition) is 2. The highest BCUT2D eigenvalue weighted by Gasteiger charge is 2.29. The molecule has 0 saturated carbocycles. The number of aryl methyl sites for hydroxylation is 1. The lowest BCUT2D eigenvalue weighted by Crippen LogP contribution is -2.23. The first-order valence-corrected chi connectivity index (χ1v) is 9.41. The van der Waals surface area contributed by atoms with Gasteiger partial charge in [-0.2, -0.15) is 0 Å². The largest absolute Gasteiger partial charge is 0.497 e. The molecule has 154 valence electrons. The Morgan fingerprint density at radius 3 is 2.27 bits per heavy atom. The third kappa shape index (κ3) is 4.25. The van der Waals surface area contributed by atoms with E-state index in [1.165, 1.54) is 7.11 Å². The van der Waals surface area contributed by atoms with Crippen molar-refractivity contribution in [1.29, 1.82) is 0 Å². The molecule has 0 spiro atoms. The summed E-state index contributed by atoms with van der Waals surface area (Å²) in [6.07, 6.45) is 0. The Bertz CT molecular complexity index is 1070. The van der Waals surface area contributed by atoms with Crippen LogP contribution in [0, 0.1) is 6.92 Å². The Hall–Kier alpha value is -3.87. The second-order valence-corrected chi connectivity index (χ2v) is 6.47. The number of anilines is 1. The van der Waals surface area contributed by atoms with Crippen molar-refractivity contribution < 1.29 is 23.9 Å². The summed E-state index contributed by atoms with van der Waals surface area (Å²) in [7, 11) is 1.54. The average Bonchev–Trinajstić information content (AvgIpc) is 3.11. The molecule has 7 heteroatoms. The summed E-state index contributed by atoms with van der Waals surface area (Å²) in [4.78, 5) is 41.1. The van der Waals surface area contributed by atoms with Crippen molar-refractivity contribution in [2.24, 2.45) is 0 Å². The predicted molar refractivity (Wildman–Crippen MR) is 113 cm³/mol. The molecule has 0 bridgehead atoms. The molecule has 7 nitrogen and oxygen atoms in total. The van der Waals surface area contributed by atoms with Gasteiger partial charge in [0.15, 0.2) is 0 Å². The molecule has 0 aliphatic carbocycles. The lowest BCUT2D eigenvalue weighted by Gasteiger charge is -2.08. The quantitative estimate of drug-likeness (QED) is 0.351. The number of nitrogens with one attached hydrogen (secondary N) is 2. The zero-order valence-electron chi connectivity index (χ0n) is 16.9. The summed E-state index contributed by atoms with van der Waals surface area (Å²) < 4.78 is 10.2. The number of methoxy groups -OCH3 is 1. The number of ether oxygens (including phenoxy) is 2. The number of esters is 1. The van der Waals surface area contributed by atoms with Crippen LogP contribution in [0.15, 0.2) is 54.6 Å². The maximum atomic E-state index is 13.0. The van der Waals surface area contributed by atoms with Crippen molar-refractivity contribution in [3.63, 3.8) is 0 Å². The third-order valence-corrected chi connectivity index (χ3v) is 4.51. The minimum absolute atomic E-state index is 0.0350. The average molecular weight is 406 g/mol. The molecule has 0 aliphatic rings. The maximum Gasteiger partial charge on any atom is 0.340 e. The molecule has 3 rings (SSSR count). The molecule has 1 heterocycles. The minimum atomic E-state index is -0.825. The van der Waals surface area contributed by atoms with Crippen LogP contribution < -0.4 is 10.1 Å². The molecular formula is C23H22N2O5. The molecule has 3 aromatic rings. The van der Waals surface area contributed by atoms with Gasteiger partial charge in [-0.05, 0) is 43.7 Å². The lowest BCUT2D eigenvalue weighted by molar-refractivity contribution is -0.112. The number of benzene rings is 2.